The van der Waals surface area contributed by atoms with Crippen LogP contribution in [-0.4, -0.2) is 34.2 Å². The first kappa shape index (κ1) is 14.0. The van der Waals surface area contributed by atoms with Gasteiger partial charge in [0.1, 0.15) is 5.75 Å². The maximum atomic E-state index is 5.20. The monoisotopic (exact) mass is 239 g/mol. The van der Waals surface area contributed by atoms with Crippen molar-refractivity contribution in [2.75, 3.05) is 27.9 Å². The predicted octanol–water partition coefficient (Wildman–Crippen LogP) is 1.96. The van der Waals surface area contributed by atoms with Crippen molar-refractivity contribution in [3.05, 3.63) is 29.8 Å². The van der Waals surface area contributed by atoms with Crippen LogP contribution in [0.1, 0.15) is 18.5 Å². The Morgan fingerprint density at radius 2 is 1.88 bits per heavy atom. The Morgan fingerprint density at radius 1 is 1.18 bits per heavy atom. The van der Waals surface area contributed by atoms with Crippen LogP contribution in [0.5, 0.6) is 5.75 Å². The summed E-state index contributed by atoms with van der Waals surface area (Å²) >= 11 is 0. The lowest BCUT2D eigenvalue weighted by atomic mass is 10.1. The van der Waals surface area contributed by atoms with Crippen LogP contribution < -0.4 is 10.1 Å². The largest absolute Gasteiger partial charge is 0.497 e. The Balaban J connectivity index is 2.53. The van der Waals surface area contributed by atoms with Crippen molar-refractivity contribution in [1.29, 1.82) is 0 Å². The molecule has 0 spiro atoms. The molecule has 17 heavy (non-hydrogen) atoms. The van der Waals surface area contributed by atoms with E-state index in [1.807, 2.05) is 18.2 Å². The molecule has 0 aliphatic heterocycles. The van der Waals surface area contributed by atoms with E-state index in [0.717, 1.165) is 5.75 Å². The van der Waals surface area contributed by atoms with Gasteiger partial charge in [0.05, 0.1) is 7.11 Å². The van der Waals surface area contributed by atoms with Gasteiger partial charge in [-0.25, -0.2) is 0 Å². The minimum absolute atomic E-state index is 0.219. The van der Waals surface area contributed by atoms with Crippen molar-refractivity contribution in [1.82, 2.24) is 5.32 Å². The molecule has 1 aromatic rings. The van der Waals surface area contributed by atoms with E-state index >= 15 is 0 Å². The number of benzene rings is 1. The summed E-state index contributed by atoms with van der Waals surface area (Å²) in [6.45, 7) is 2.74. The van der Waals surface area contributed by atoms with Crippen LogP contribution in [0.4, 0.5) is 0 Å². The zero-order valence-electron chi connectivity index (χ0n) is 10.9. The molecule has 4 nitrogen and oxygen atoms in total. The third-order valence-electron chi connectivity index (χ3n) is 2.71. The second kappa shape index (κ2) is 7.27. The molecule has 0 bridgehead atoms. The van der Waals surface area contributed by atoms with Gasteiger partial charge in [0.2, 0.25) is 0 Å². The Kier molecular flexibility index (Phi) is 5.97. The second-order valence-electron chi connectivity index (χ2n) is 3.81. The van der Waals surface area contributed by atoms with Gasteiger partial charge in [-0.05, 0) is 24.6 Å². The lowest BCUT2D eigenvalue weighted by Gasteiger charge is -2.19. The Bertz CT molecular complexity index is 326. The Morgan fingerprint density at radius 3 is 2.47 bits per heavy atom. The molecular weight excluding hydrogens is 218 g/mol. The van der Waals surface area contributed by atoms with Gasteiger partial charge in [-0.2, -0.15) is 0 Å². The van der Waals surface area contributed by atoms with Crippen molar-refractivity contribution in [2.24, 2.45) is 0 Å². The molecule has 1 N–H and O–H groups in total. The molecule has 96 valence electrons. The number of ether oxygens (including phenoxy) is 3. The molecule has 0 saturated carbocycles. The van der Waals surface area contributed by atoms with E-state index in [-0.39, 0.29) is 12.3 Å². The first-order valence-corrected chi connectivity index (χ1v) is 5.64. The van der Waals surface area contributed by atoms with Crippen LogP contribution >= 0.6 is 0 Å². The Labute approximate surface area is 103 Å². The predicted molar refractivity (Wildman–Crippen MR) is 67.2 cm³/mol. The lowest BCUT2D eigenvalue weighted by Crippen LogP contribution is -2.31. The molecule has 0 radical (unpaired) electrons. The van der Waals surface area contributed by atoms with Crippen LogP contribution in [0.2, 0.25) is 0 Å². The summed E-state index contributed by atoms with van der Waals surface area (Å²) in [6, 6.07) is 8.22. The molecule has 0 aliphatic rings. The summed E-state index contributed by atoms with van der Waals surface area (Å²) in [7, 11) is 4.93. The first-order chi connectivity index (χ1) is 8.21. The minimum atomic E-state index is -0.219. The third kappa shape index (κ3) is 4.34. The van der Waals surface area contributed by atoms with Crippen molar-refractivity contribution >= 4 is 0 Å². The average Bonchev–Trinajstić information content (AvgIpc) is 2.39. The van der Waals surface area contributed by atoms with E-state index < -0.39 is 0 Å². The molecule has 0 aromatic heterocycles. The van der Waals surface area contributed by atoms with E-state index in [4.69, 9.17) is 14.2 Å². The molecular formula is C13H21NO3. The summed E-state index contributed by atoms with van der Waals surface area (Å²) in [5, 5.41) is 3.35. The van der Waals surface area contributed by atoms with Gasteiger partial charge in [-0.1, -0.05) is 12.1 Å². The van der Waals surface area contributed by atoms with Crippen LogP contribution in [0.3, 0.4) is 0 Å². The SMILES string of the molecule is COc1cccc(C(C)NCC(OC)OC)c1. The third-order valence-corrected chi connectivity index (χ3v) is 2.71. The van der Waals surface area contributed by atoms with Crippen molar-refractivity contribution in [3.8, 4) is 5.75 Å². The zero-order chi connectivity index (χ0) is 12.7. The quantitative estimate of drug-likeness (QED) is 0.738. The van der Waals surface area contributed by atoms with Crippen LogP contribution in [0.25, 0.3) is 0 Å². The fourth-order valence-corrected chi connectivity index (χ4v) is 1.56. The number of methoxy groups -OCH3 is 3. The average molecular weight is 239 g/mol. The zero-order valence-corrected chi connectivity index (χ0v) is 10.9. The van der Waals surface area contributed by atoms with E-state index in [1.54, 1.807) is 21.3 Å². The van der Waals surface area contributed by atoms with Crippen molar-refractivity contribution in [2.45, 2.75) is 19.3 Å². The summed E-state index contributed by atoms with van der Waals surface area (Å²) in [4.78, 5) is 0. The highest BCUT2D eigenvalue weighted by Gasteiger charge is 2.09. The number of nitrogens with one attached hydrogen (secondary N) is 1. The maximum Gasteiger partial charge on any atom is 0.169 e. The molecule has 1 unspecified atom stereocenters. The van der Waals surface area contributed by atoms with Gasteiger partial charge in [0.25, 0.3) is 0 Å². The molecule has 4 heteroatoms. The van der Waals surface area contributed by atoms with Gasteiger partial charge in [-0.3, -0.25) is 0 Å². The lowest BCUT2D eigenvalue weighted by molar-refractivity contribution is -0.0997. The minimum Gasteiger partial charge on any atom is -0.497 e. The van der Waals surface area contributed by atoms with Gasteiger partial charge in [-0.15, -0.1) is 0 Å². The van der Waals surface area contributed by atoms with E-state index in [1.165, 1.54) is 5.56 Å². The van der Waals surface area contributed by atoms with E-state index in [9.17, 15) is 0 Å². The van der Waals surface area contributed by atoms with Gasteiger partial charge >= 0.3 is 0 Å². The van der Waals surface area contributed by atoms with Gasteiger partial charge in [0, 0.05) is 26.8 Å². The molecule has 0 heterocycles. The molecule has 1 atom stereocenters. The number of hydrogen-bond donors (Lipinski definition) is 1. The molecule has 0 saturated heterocycles. The molecule has 0 amide bonds. The van der Waals surface area contributed by atoms with Gasteiger partial charge < -0.3 is 19.5 Å². The maximum absolute atomic E-state index is 5.20. The van der Waals surface area contributed by atoms with Crippen LogP contribution in [0.15, 0.2) is 24.3 Å². The second-order valence-corrected chi connectivity index (χ2v) is 3.81. The summed E-state index contributed by atoms with van der Waals surface area (Å²) in [5.74, 6) is 0.867. The topological polar surface area (TPSA) is 39.7 Å². The first-order valence-electron chi connectivity index (χ1n) is 5.64. The number of rotatable bonds is 7. The highest BCUT2D eigenvalue weighted by atomic mass is 16.7. The summed E-state index contributed by atoms with van der Waals surface area (Å²) < 4.78 is 15.4. The van der Waals surface area contributed by atoms with E-state index in [0.29, 0.717) is 6.54 Å². The number of hydrogen-bond acceptors (Lipinski definition) is 4. The highest BCUT2D eigenvalue weighted by Crippen LogP contribution is 2.18. The standard InChI is InChI=1S/C13H21NO3/c1-10(14-9-13(16-3)17-4)11-6-5-7-12(8-11)15-2/h5-8,10,13-14H,9H2,1-4H3. The summed E-state index contributed by atoms with van der Waals surface area (Å²) in [5.41, 5.74) is 1.18. The molecule has 1 aromatic carbocycles. The fraction of sp³-hybridized carbons (Fsp3) is 0.538. The fourth-order valence-electron chi connectivity index (χ4n) is 1.56. The van der Waals surface area contributed by atoms with Crippen molar-refractivity contribution in [3.63, 3.8) is 0 Å². The highest BCUT2D eigenvalue weighted by molar-refractivity contribution is 5.30. The van der Waals surface area contributed by atoms with E-state index in [2.05, 4.69) is 18.3 Å². The smallest absolute Gasteiger partial charge is 0.169 e. The van der Waals surface area contributed by atoms with Crippen LogP contribution in [0, 0.1) is 0 Å². The molecule has 1 rings (SSSR count). The molecule has 0 fully saturated rings. The summed E-state index contributed by atoms with van der Waals surface area (Å²) in [6.07, 6.45) is -0.219. The van der Waals surface area contributed by atoms with Crippen LogP contribution in [-0.2, 0) is 9.47 Å². The van der Waals surface area contributed by atoms with Crippen molar-refractivity contribution < 1.29 is 14.2 Å². The van der Waals surface area contributed by atoms with Gasteiger partial charge in [0.15, 0.2) is 6.29 Å². The molecule has 0 aliphatic carbocycles. The Hall–Kier alpha value is -1.10. The normalized spacial score (nSPS) is 12.8.